The summed E-state index contributed by atoms with van der Waals surface area (Å²) in [5, 5.41) is 10.5. The third kappa shape index (κ3) is 2.15. The van der Waals surface area contributed by atoms with Crippen molar-refractivity contribution in [3.8, 4) is 5.69 Å². The minimum Gasteiger partial charge on any atom is -0.353 e. The Morgan fingerprint density at radius 1 is 0.571 bits per heavy atom. The van der Waals surface area contributed by atoms with Crippen LogP contribution in [0.25, 0.3) is 80.2 Å². The van der Waals surface area contributed by atoms with Crippen molar-refractivity contribution in [2.45, 2.75) is 0 Å². The fourth-order valence-electron chi connectivity index (χ4n) is 6.20. The lowest BCUT2D eigenvalue weighted by molar-refractivity contribution is 1.19. The first-order chi connectivity index (χ1) is 17.4. The van der Waals surface area contributed by atoms with Gasteiger partial charge in [-0.25, -0.2) is 0 Å². The molecule has 0 bridgehead atoms. The molecule has 0 saturated heterocycles. The van der Waals surface area contributed by atoms with Gasteiger partial charge in [-0.15, -0.1) is 11.3 Å². The Bertz CT molecular complexity index is 2120. The van der Waals surface area contributed by atoms with Crippen LogP contribution in [0.5, 0.6) is 0 Å². The Kier molecular flexibility index (Phi) is 3.20. The van der Waals surface area contributed by atoms with Crippen molar-refractivity contribution in [3.63, 3.8) is 0 Å². The second kappa shape index (κ2) is 6.21. The van der Waals surface area contributed by atoms with Gasteiger partial charge in [0.2, 0.25) is 0 Å². The average Bonchev–Trinajstić information content (AvgIpc) is 3.58. The highest BCUT2D eigenvalue weighted by Crippen LogP contribution is 2.48. The summed E-state index contributed by atoms with van der Waals surface area (Å²) in [6.07, 6.45) is 0. The highest BCUT2D eigenvalue weighted by Gasteiger charge is 2.24. The van der Waals surface area contributed by atoms with Gasteiger partial charge in [-0.3, -0.25) is 0 Å². The summed E-state index contributed by atoms with van der Waals surface area (Å²) in [5.74, 6) is 0. The highest BCUT2D eigenvalue weighted by atomic mass is 32.1. The Morgan fingerprint density at radius 2 is 1.26 bits per heavy atom. The van der Waals surface area contributed by atoms with Crippen LogP contribution >= 0.6 is 11.3 Å². The van der Waals surface area contributed by atoms with Crippen molar-refractivity contribution in [1.29, 1.82) is 0 Å². The normalized spacial score (nSPS) is 12.6. The molecule has 1 N–H and O–H groups in total. The molecule has 0 aliphatic rings. The van der Waals surface area contributed by atoms with E-state index in [2.05, 4.69) is 113 Å². The Hall–Kier alpha value is -4.34. The van der Waals surface area contributed by atoms with Crippen molar-refractivity contribution in [1.82, 2.24) is 9.55 Å². The van der Waals surface area contributed by atoms with E-state index in [0.717, 1.165) is 0 Å². The van der Waals surface area contributed by atoms with Gasteiger partial charge in [0.25, 0.3) is 0 Å². The minimum atomic E-state index is 1.18. The van der Waals surface area contributed by atoms with Gasteiger partial charge >= 0.3 is 0 Å². The smallest absolute Gasteiger partial charge is 0.0789 e. The van der Waals surface area contributed by atoms with E-state index < -0.39 is 0 Å². The number of H-pyrrole nitrogens is 1. The van der Waals surface area contributed by atoms with Crippen LogP contribution in [-0.4, -0.2) is 9.55 Å². The quantitative estimate of drug-likeness (QED) is 0.235. The summed E-state index contributed by atoms with van der Waals surface area (Å²) in [7, 11) is 0. The van der Waals surface area contributed by atoms with Gasteiger partial charge in [-0.05, 0) is 47.2 Å². The number of aromatic amines is 1. The fraction of sp³-hybridized carbons (Fsp3) is 0. The van der Waals surface area contributed by atoms with Gasteiger partial charge in [0, 0.05) is 48.2 Å². The fourth-order valence-corrected chi connectivity index (χ4v) is 7.43. The molecule has 6 aromatic carbocycles. The van der Waals surface area contributed by atoms with Crippen molar-refractivity contribution in [2.75, 3.05) is 0 Å². The molecule has 0 atom stereocenters. The molecular formula is C32H18N2S. The molecule has 0 amide bonds. The Labute approximate surface area is 204 Å². The number of hydrogen-bond donors (Lipinski definition) is 1. The lowest BCUT2D eigenvalue weighted by Crippen LogP contribution is -1.94. The molecule has 0 spiro atoms. The van der Waals surface area contributed by atoms with Crippen LogP contribution in [0.1, 0.15) is 0 Å². The molecule has 3 heteroatoms. The average molecular weight is 463 g/mol. The van der Waals surface area contributed by atoms with Gasteiger partial charge in [0.15, 0.2) is 0 Å². The summed E-state index contributed by atoms with van der Waals surface area (Å²) in [4.78, 5) is 3.80. The lowest BCUT2D eigenvalue weighted by atomic mass is 9.98. The first kappa shape index (κ1) is 18.0. The van der Waals surface area contributed by atoms with Crippen LogP contribution in [0.15, 0.2) is 103 Å². The molecule has 9 rings (SSSR count). The monoisotopic (exact) mass is 462 g/mol. The number of nitrogens with zero attached hydrogens (tertiary/aromatic N) is 1. The highest BCUT2D eigenvalue weighted by molar-refractivity contribution is 7.26. The number of nitrogens with one attached hydrogen (secondary N) is 1. The molecule has 162 valence electrons. The topological polar surface area (TPSA) is 20.7 Å². The van der Waals surface area contributed by atoms with E-state index in [9.17, 15) is 0 Å². The number of para-hydroxylation sites is 2. The molecule has 2 nitrogen and oxygen atoms in total. The van der Waals surface area contributed by atoms with Gasteiger partial charge in [0.05, 0.1) is 21.3 Å². The van der Waals surface area contributed by atoms with E-state index in [0.29, 0.717) is 0 Å². The van der Waals surface area contributed by atoms with Crippen LogP contribution < -0.4 is 0 Å². The zero-order valence-corrected chi connectivity index (χ0v) is 19.5. The summed E-state index contributed by atoms with van der Waals surface area (Å²) >= 11 is 1.91. The van der Waals surface area contributed by atoms with E-state index in [1.54, 1.807) is 0 Å². The number of fused-ring (bicyclic) bond motifs is 8. The number of thiophene rings is 1. The van der Waals surface area contributed by atoms with E-state index in [4.69, 9.17) is 0 Å². The lowest BCUT2D eigenvalue weighted by Gasteiger charge is -2.09. The summed E-state index contributed by atoms with van der Waals surface area (Å²) < 4.78 is 5.21. The number of hydrogen-bond acceptors (Lipinski definition) is 1. The van der Waals surface area contributed by atoms with E-state index in [-0.39, 0.29) is 0 Å². The van der Waals surface area contributed by atoms with Crippen LogP contribution in [0.4, 0.5) is 0 Å². The Balaban J connectivity index is 1.67. The third-order valence-corrected chi connectivity index (χ3v) is 8.83. The van der Waals surface area contributed by atoms with E-state index >= 15 is 0 Å². The predicted molar refractivity (Wildman–Crippen MR) is 152 cm³/mol. The second-order valence-corrected chi connectivity index (χ2v) is 10.5. The minimum absolute atomic E-state index is 1.18. The molecule has 9 aromatic rings. The maximum Gasteiger partial charge on any atom is 0.0789 e. The summed E-state index contributed by atoms with van der Waals surface area (Å²) in [6, 6.07) is 37.7. The first-order valence-electron chi connectivity index (χ1n) is 12.0. The number of aromatic nitrogens is 2. The predicted octanol–water partition coefficient (Wildman–Crippen LogP) is 9.38. The zero-order valence-electron chi connectivity index (χ0n) is 18.7. The molecule has 0 unspecified atom stereocenters. The molecule has 0 radical (unpaired) electrons. The zero-order chi connectivity index (χ0) is 22.7. The largest absolute Gasteiger partial charge is 0.353 e. The van der Waals surface area contributed by atoms with Crippen molar-refractivity contribution in [2.24, 2.45) is 0 Å². The van der Waals surface area contributed by atoms with Gasteiger partial charge in [-0.2, -0.15) is 0 Å². The van der Waals surface area contributed by atoms with E-state index in [1.165, 1.54) is 80.2 Å². The number of rotatable bonds is 1. The maximum absolute atomic E-state index is 3.80. The molecule has 0 fully saturated rings. The number of benzene rings is 6. The van der Waals surface area contributed by atoms with Gasteiger partial charge in [0.1, 0.15) is 0 Å². The van der Waals surface area contributed by atoms with Crippen molar-refractivity contribution >= 4 is 85.9 Å². The van der Waals surface area contributed by atoms with Gasteiger partial charge in [-0.1, -0.05) is 66.7 Å². The maximum atomic E-state index is 3.80. The summed E-state index contributed by atoms with van der Waals surface area (Å²) in [5.41, 5.74) is 6.17. The SMILES string of the molecule is c1ccc(-n2c3c4[nH]c5ccccc5c4cc4ccc5cc6c7ccccc7sc6c2c5c43)cc1. The molecule has 0 aliphatic heterocycles. The summed E-state index contributed by atoms with van der Waals surface area (Å²) in [6.45, 7) is 0. The molecule has 3 aromatic heterocycles. The molecule has 0 aliphatic carbocycles. The Morgan fingerprint density at radius 3 is 2.11 bits per heavy atom. The molecule has 0 saturated carbocycles. The molecular weight excluding hydrogens is 444 g/mol. The van der Waals surface area contributed by atoms with Crippen LogP contribution in [0.2, 0.25) is 0 Å². The van der Waals surface area contributed by atoms with Crippen molar-refractivity contribution in [3.05, 3.63) is 103 Å². The van der Waals surface area contributed by atoms with Crippen LogP contribution in [0.3, 0.4) is 0 Å². The molecule has 35 heavy (non-hydrogen) atoms. The standard InChI is InChI=1S/C32H18N2S/c1-2-8-20(9-3-1)34-30-27-18(16-23-21-10-4-6-12-25(21)33-29(23)30)14-15-19-17-24-22-11-5-7-13-26(22)35-32(24)31(34)28(19)27/h1-17,33H. The van der Waals surface area contributed by atoms with Crippen molar-refractivity contribution < 1.29 is 0 Å². The van der Waals surface area contributed by atoms with Crippen LogP contribution in [0, 0.1) is 0 Å². The third-order valence-electron chi connectivity index (χ3n) is 7.64. The second-order valence-electron chi connectivity index (χ2n) is 9.45. The first-order valence-corrected chi connectivity index (χ1v) is 12.8. The molecule has 3 heterocycles. The van der Waals surface area contributed by atoms with Gasteiger partial charge < -0.3 is 9.55 Å². The van der Waals surface area contributed by atoms with E-state index in [1.807, 2.05) is 11.3 Å². The van der Waals surface area contributed by atoms with Crippen LogP contribution in [-0.2, 0) is 0 Å².